The Kier molecular flexibility index (Phi) is 7.92. The van der Waals surface area contributed by atoms with Crippen LogP contribution in [-0.2, 0) is 11.3 Å². The van der Waals surface area contributed by atoms with Gasteiger partial charge in [-0.2, -0.15) is 5.10 Å². The second-order valence-corrected chi connectivity index (χ2v) is 8.51. The summed E-state index contributed by atoms with van der Waals surface area (Å²) in [5, 5.41) is 7.12. The minimum atomic E-state index is -0.392. The molecule has 1 N–H and O–H groups in total. The van der Waals surface area contributed by atoms with Crippen LogP contribution in [0, 0.1) is 12.7 Å². The number of amides is 1. The lowest BCUT2D eigenvalue weighted by Gasteiger charge is -2.31. The van der Waals surface area contributed by atoms with Crippen molar-refractivity contribution in [1.29, 1.82) is 0 Å². The fraction of sp³-hybridized carbons (Fsp3) is 0.385. The second-order valence-electron chi connectivity index (χ2n) is 8.51. The minimum Gasteiger partial charge on any atom is -0.492 e. The highest BCUT2D eigenvalue weighted by Crippen LogP contribution is 2.18. The van der Waals surface area contributed by atoms with Crippen molar-refractivity contribution in [2.24, 2.45) is 0 Å². The first-order valence-electron chi connectivity index (χ1n) is 11.6. The Labute approximate surface area is 199 Å². The van der Waals surface area contributed by atoms with Crippen LogP contribution in [0.5, 0.6) is 5.75 Å². The molecule has 0 unspecified atom stereocenters. The number of para-hydroxylation sites is 1. The van der Waals surface area contributed by atoms with Gasteiger partial charge in [0.1, 0.15) is 23.9 Å². The van der Waals surface area contributed by atoms with E-state index in [0.717, 1.165) is 43.9 Å². The number of nitrogens with zero attached hydrogens (tertiary/aromatic N) is 3. The number of likely N-dealkylation sites (N-methyl/N-ethyl adjacent to an activating group) is 1. The zero-order chi connectivity index (χ0) is 23.9. The molecule has 4 rings (SSSR count). The van der Waals surface area contributed by atoms with Crippen LogP contribution in [0.1, 0.15) is 34.5 Å². The smallest absolute Gasteiger partial charge is 0.255 e. The lowest BCUT2D eigenvalue weighted by Crippen LogP contribution is -2.38. The topological polar surface area (TPSA) is 68.6 Å². The van der Waals surface area contributed by atoms with Crippen molar-refractivity contribution in [3.05, 3.63) is 77.4 Å². The molecule has 34 heavy (non-hydrogen) atoms. The zero-order valence-corrected chi connectivity index (χ0v) is 19.7. The van der Waals surface area contributed by atoms with Crippen molar-refractivity contribution < 1.29 is 18.7 Å². The first-order valence-corrected chi connectivity index (χ1v) is 11.6. The van der Waals surface area contributed by atoms with E-state index in [0.29, 0.717) is 36.1 Å². The lowest BCUT2D eigenvalue weighted by atomic mass is 10.1. The minimum absolute atomic E-state index is 0.260. The largest absolute Gasteiger partial charge is 0.492 e. The highest BCUT2D eigenvalue weighted by molar-refractivity contribution is 5.95. The van der Waals surface area contributed by atoms with Gasteiger partial charge in [-0.05, 0) is 56.6 Å². The molecular weight excluding hydrogens is 435 g/mol. The first kappa shape index (κ1) is 23.9. The fourth-order valence-electron chi connectivity index (χ4n) is 4.14. The SMILES string of the molecule is Cc1c(C(=O)NCc2cccc(OCCN(C)C3CCOCC3)c2)cnn1-c1ccccc1F. The number of carbonyl (C=O) groups is 1. The van der Waals surface area contributed by atoms with E-state index in [2.05, 4.69) is 22.4 Å². The second kappa shape index (κ2) is 11.3. The van der Waals surface area contributed by atoms with Gasteiger partial charge in [0, 0.05) is 32.3 Å². The van der Waals surface area contributed by atoms with E-state index in [4.69, 9.17) is 9.47 Å². The Balaban J connectivity index is 1.30. The number of halogens is 1. The van der Waals surface area contributed by atoms with Gasteiger partial charge >= 0.3 is 0 Å². The van der Waals surface area contributed by atoms with Gasteiger partial charge in [0.05, 0.1) is 17.5 Å². The number of benzene rings is 2. The van der Waals surface area contributed by atoms with E-state index in [-0.39, 0.29) is 5.91 Å². The number of hydrogen-bond acceptors (Lipinski definition) is 5. The Morgan fingerprint density at radius 1 is 1.24 bits per heavy atom. The molecule has 0 atom stereocenters. The van der Waals surface area contributed by atoms with Crippen LogP contribution in [0.25, 0.3) is 5.69 Å². The molecule has 1 saturated heterocycles. The van der Waals surface area contributed by atoms with Crippen LogP contribution in [0.3, 0.4) is 0 Å². The molecule has 0 bridgehead atoms. The molecule has 2 aromatic carbocycles. The van der Waals surface area contributed by atoms with Crippen molar-refractivity contribution in [2.75, 3.05) is 33.4 Å². The normalized spacial score (nSPS) is 14.4. The Morgan fingerprint density at radius 2 is 2.03 bits per heavy atom. The van der Waals surface area contributed by atoms with E-state index >= 15 is 0 Å². The predicted molar refractivity (Wildman–Crippen MR) is 128 cm³/mol. The van der Waals surface area contributed by atoms with Crippen LogP contribution in [0.15, 0.2) is 54.7 Å². The summed E-state index contributed by atoms with van der Waals surface area (Å²) >= 11 is 0. The van der Waals surface area contributed by atoms with Gasteiger partial charge in [-0.25, -0.2) is 9.07 Å². The maximum absolute atomic E-state index is 14.1. The third kappa shape index (κ3) is 5.81. The summed E-state index contributed by atoms with van der Waals surface area (Å²) in [6, 6.07) is 14.6. The van der Waals surface area contributed by atoms with Crippen molar-refractivity contribution in [3.8, 4) is 11.4 Å². The number of ether oxygens (including phenoxy) is 2. The molecule has 1 fully saturated rings. The van der Waals surface area contributed by atoms with E-state index in [9.17, 15) is 9.18 Å². The quantitative estimate of drug-likeness (QED) is 0.520. The van der Waals surface area contributed by atoms with E-state index in [1.807, 2.05) is 24.3 Å². The van der Waals surface area contributed by atoms with Crippen LogP contribution >= 0.6 is 0 Å². The van der Waals surface area contributed by atoms with Crippen LogP contribution in [0.4, 0.5) is 4.39 Å². The summed E-state index contributed by atoms with van der Waals surface area (Å²) in [5.74, 6) is 0.122. The number of aromatic nitrogens is 2. The fourth-order valence-corrected chi connectivity index (χ4v) is 4.14. The van der Waals surface area contributed by atoms with Gasteiger partial charge in [0.2, 0.25) is 0 Å². The maximum Gasteiger partial charge on any atom is 0.255 e. The number of rotatable bonds is 9. The van der Waals surface area contributed by atoms with Crippen LogP contribution in [0.2, 0.25) is 0 Å². The summed E-state index contributed by atoms with van der Waals surface area (Å²) in [6.07, 6.45) is 3.58. The molecule has 1 aliphatic heterocycles. The molecule has 180 valence electrons. The molecule has 3 aromatic rings. The summed E-state index contributed by atoms with van der Waals surface area (Å²) in [6.45, 7) is 5.19. The number of nitrogens with one attached hydrogen (secondary N) is 1. The summed E-state index contributed by atoms with van der Waals surface area (Å²) in [5.41, 5.74) is 2.23. The van der Waals surface area contributed by atoms with E-state index in [1.165, 1.54) is 16.9 Å². The molecular formula is C26H31FN4O3. The summed E-state index contributed by atoms with van der Waals surface area (Å²) in [4.78, 5) is 15.1. The predicted octanol–water partition coefficient (Wildman–Crippen LogP) is 3.74. The van der Waals surface area contributed by atoms with Crippen molar-refractivity contribution >= 4 is 5.91 Å². The van der Waals surface area contributed by atoms with Gasteiger partial charge in [-0.3, -0.25) is 9.69 Å². The molecule has 0 aliphatic carbocycles. The molecule has 1 amide bonds. The molecule has 8 heteroatoms. The van der Waals surface area contributed by atoms with Gasteiger partial charge in [0.25, 0.3) is 5.91 Å². The van der Waals surface area contributed by atoms with Crippen LogP contribution in [-0.4, -0.2) is 60.0 Å². The van der Waals surface area contributed by atoms with E-state index < -0.39 is 5.82 Å². The molecule has 1 aromatic heterocycles. The van der Waals surface area contributed by atoms with Crippen LogP contribution < -0.4 is 10.1 Å². The van der Waals surface area contributed by atoms with Crippen molar-refractivity contribution in [2.45, 2.75) is 32.4 Å². The Morgan fingerprint density at radius 3 is 2.82 bits per heavy atom. The maximum atomic E-state index is 14.1. The number of carbonyl (C=O) groups excluding carboxylic acids is 1. The third-order valence-corrected chi connectivity index (χ3v) is 6.21. The Hall–Kier alpha value is -3.23. The molecule has 0 saturated carbocycles. The van der Waals surface area contributed by atoms with Gasteiger partial charge < -0.3 is 14.8 Å². The molecule has 0 radical (unpaired) electrons. The average Bonchev–Trinajstić information content (AvgIpc) is 3.24. The van der Waals surface area contributed by atoms with Gasteiger partial charge in [-0.15, -0.1) is 0 Å². The standard InChI is InChI=1S/C26H31FN4O3/c1-19-23(18-29-31(19)25-9-4-3-8-24(25)27)26(32)28-17-20-6-5-7-22(16-20)34-15-12-30(2)21-10-13-33-14-11-21/h3-9,16,18,21H,10-15,17H2,1-2H3,(H,28,32). The highest BCUT2D eigenvalue weighted by atomic mass is 19.1. The molecule has 1 aliphatic rings. The lowest BCUT2D eigenvalue weighted by molar-refractivity contribution is 0.0392. The average molecular weight is 467 g/mol. The third-order valence-electron chi connectivity index (χ3n) is 6.21. The zero-order valence-electron chi connectivity index (χ0n) is 19.7. The van der Waals surface area contributed by atoms with E-state index in [1.54, 1.807) is 25.1 Å². The molecule has 0 spiro atoms. The van der Waals surface area contributed by atoms with Crippen molar-refractivity contribution in [3.63, 3.8) is 0 Å². The monoisotopic (exact) mass is 466 g/mol. The van der Waals surface area contributed by atoms with Gasteiger partial charge in [0.15, 0.2) is 0 Å². The van der Waals surface area contributed by atoms with Gasteiger partial charge in [-0.1, -0.05) is 24.3 Å². The molecule has 2 heterocycles. The number of hydrogen-bond donors (Lipinski definition) is 1. The van der Waals surface area contributed by atoms with Crippen molar-refractivity contribution in [1.82, 2.24) is 20.0 Å². The summed E-state index contributed by atoms with van der Waals surface area (Å²) in [7, 11) is 2.13. The highest BCUT2D eigenvalue weighted by Gasteiger charge is 2.18. The first-order chi connectivity index (χ1) is 16.5. The molecule has 7 nitrogen and oxygen atoms in total. The summed E-state index contributed by atoms with van der Waals surface area (Å²) < 4.78 is 26.9. The Bertz CT molecular complexity index is 1110.